The second-order valence-electron chi connectivity index (χ2n) is 3.28. The molecule has 0 N–H and O–H groups in total. The zero-order chi connectivity index (χ0) is 14.9. The molecule has 0 aliphatic carbocycles. The molecule has 0 fully saturated rings. The summed E-state index contributed by atoms with van der Waals surface area (Å²) in [5, 5.41) is 16.9. The first-order valence-electron chi connectivity index (χ1n) is 5.20. The smallest absolute Gasteiger partial charge is 0.753 e. The summed E-state index contributed by atoms with van der Waals surface area (Å²) < 4.78 is 0. The van der Waals surface area contributed by atoms with Crippen molar-refractivity contribution in [3.63, 3.8) is 0 Å². The van der Waals surface area contributed by atoms with Crippen LogP contribution in [0.3, 0.4) is 0 Å². The summed E-state index contributed by atoms with van der Waals surface area (Å²) in [6, 6.07) is 5.80. The molecule has 0 saturated carbocycles. The predicted molar refractivity (Wildman–Crippen MR) is 87.2 cm³/mol. The number of isothiocyanates is 2. The molecule has 0 atom stereocenters. The Morgan fingerprint density at radius 1 is 1.30 bits per heavy atom. The molecule has 1 heterocycles. The molecule has 0 bridgehead atoms. The first-order chi connectivity index (χ1) is 9.12. The van der Waals surface area contributed by atoms with Crippen molar-refractivity contribution in [2.75, 3.05) is 27.2 Å². The van der Waals surface area contributed by atoms with Gasteiger partial charge in [-0.2, -0.15) is 10.3 Å². The molecule has 1 aromatic rings. The SMILES string of the molecule is CN(C)CCN=Cc1ccccn1.[N-]=C=S.[N-]=C=S.[Zn+2]. The maximum Gasteiger partial charge on any atom is 2.00 e. The van der Waals surface area contributed by atoms with Gasteiger partial charge in [-0.15, -0.1) is 0 Å². The molecule has 0 unspecified atom stereocenters. The van der Waals surface area contributed by atoms with Crippen LogP contribution < -0.4 is 0 Å². The topological polar surface area (TPSA) is 73.1 Å². The molecule has 0 spiro atoms. The Labute approximate surface area is 143 Å². The number of thiocarbonyl (C=S) groups is 2. The summed E-state index contributed by atoms with van der Waals surface area (Å²) in [6.45, 7) is 1.80. The van der Waals surface area contributed by atoms with E-state index in [0.29, 0.717) is 0 Å². The van der Waals surface area contributed by atoms with E-state index < -0.39 is 0 Å². The second kappa shape index (κ2) is 20.3. The van der Waals surface area contributed by atoms with E-state index in [4.69, 9.17) is 10.8 Å². The average Bonchev–Trinajstić information content (AvgIpc) is 2.38. The zero-order valence-corrected chi connectivity index (χ0v) is 16.2. The van der Waals surface area contributed by atoms with Gasteiger partial charge in [0.05, 0.1) is 12.2 Å². The van der Waals surface area contributed by atoms with Crippen molar-refractivity contribution in [2.24, 2.45) is 4.99 Å². The molecule has 0 radical (unpaired) electrons. The summed E-state index contributed by atoms with van der Waals surface area (Å²) >= 11 is 7.40. The molecule has 5 nitrogen and oxygen atoms in total. The van der Waals surface area contributed by atoms with E-state index in [1.54, 1.807) is 6.20 Å². The Hall–Kier alpha value is -0.997. The van der Waals surface area contributed by atoms with E-state index in [1.165, 1.54) is 10.3 Å². The van der Waals surface area contributed by atoms with Gasteiger partial charge in [-0.3, -0.25) is 9.98 Å². The van der Waals surface area contributed by atoms with Gasteiger partial charge >= 0.3 is 19.5 Å². The number of nitrogens with zero attached hydrogens (tertiary/aromatic N) is 5. The summed E-state index contributed by atoms with van der Waals surface area (Å²) in [4.78, 5) is 10.5. The van der Waals surface area contributed by atoms with Crippen LogP contribution >= 0.6 is 24.4 Å². The van der Waals surface area contributed by atoms with Gasteiger partial charge in [0.25, 0.3) is 0 Å². The van der Waals surface area contributed by atoms with Gasteiger partial charge in [-0.1, -0.05) is 30.5 Å². The van der Waals surface area contributed by atoms with Crippen molar-refractivity contribution in [1.29, 1.82) is 0 Å². The van der Waals surface area contributed by atoms with Gasteiger partial charge in [0, 0.05) is 19.0 Å². The zero-order valence-electron chi connectivity index (χ0n) is 11.6. The van der Waals surface area contributed by atoms with Gasteiger partial charge in [0.1, 0.15) is 0 Å². The van der Waals surface area contributed by atoms with E-state index in [9.17, 15) is 0 Å². The van der Waals surface area contributed by atoms with Gasteiger partial charge in [-0.05, 0) is 26.2 Å². The van der Waals surface area contributed by atoms with Crippen LogP contribution in [0.15, 0.2) is 29.4 Å². The second-order valence-corrected chi connectivity index (χ2v) is 3.64. The summed E-state index contributed by atoms with van der Waals surface area (Å²) in [5.74, 6) is 0. The molecular formula is C12H15N5S2Zn. The number of rotatable bonds is 4. The van der Waals surface area contributed by atoms with Crippen molar-refractivity contribution < 1.29 is 19.5 Å². The molecule has 0 aromatic carbocycles. The normalized spacial score (nSPS) is 8.15. The third-order valence-electron chi connectivity index (χ3n) is 1.59. The van der Waals surface area contributed by atoms with E-state index in [1.807, 2.05) is 38.5 Å². The summed E-state index contributed by atoms with van der Waals surface area (Å²) in [5.41, 5.74) is 0.918. The minimum absolute atomic E-state index is 0. The van der Waals surface area contributed by atoms with Crippen LogP contribution in [0.25, 0.3) is 10.8 Å². The van der Waals surface area contributed by atoms with Crippen LogP contribution in [0.2, 0.25) is 0 Å². The number of likely N-dealkylation sites (N-methyl/N-ethyl adjacent to an activating group) is 1. The standard InChI is InChI=1S/C10H15N3.2CNS.Zn/c1-13(2)8-7-11-9-10-5-3-4-6-12-10;2*2-1-3;/h3-6,9H,7-8H2,1-2H3;;;/q;2*-1;+2. The average molecular weight is 359 g/mol. The Kier molecular flexibility index (Phi) is 24.4. The molecule has 20 heavy (non-hydrogen) atoms. The van der Waals surface area contributed by atoms with Gasteiger partial charge in [-0.25, -0.2) is 0 Å². The molecule has 8 heteroatoms. The van der Waals surface area contributed by atoms with Crippen LogP contribution in [-0.4, -0.2) is 53.6 Å². The monoisotopic (exact) mass is 357 g/mol. The van der Waals surface area contributed by atoms with Crippen LogP contribution in [0.5, 0.6) is 0 Å². The molecule has 0 aliphatic heterocycles. The third kappa shape index (κ3) is 22.2. The molecule has 1 aromatic heterocycles. The Morgan fingerprint density at radius 2 is 1.85 bits per heavy atom. The third-order valence-corrected chi connectivity index (χ3v) is 1.59. The summed E-state index contributed by atoms with van der Waals surface area (Å²) in [6.07, 6.45) is 3.58. The fraction of sp³-hybridized carbons (Fsp3) is 0.333. The van der Waals surface area contributed by atoms with E-state index in [2.05, 4.69) is 39.3 Å². The number of hydrogen-bond donors (Lipinski definition) is 0. The van der Waals surface area contributed by atoms with Crippen molar-refractivity contribution in [2.45, 2.75) is 0 Å². The Bertz CT molecular complexity index is 399. The fourth-order valence-corrected chi connectivity index (χ4v) is 0.868. The van der Waals surface area contributed by atoms with Gasteiger partial charge in [0.15, 0.2) is 0 Å². The van der Waals surface area contributed by atoms with Crippen LogP contribution in [0.1, 0.15) is 5.69 Å². The van der Waals surface area contributed by atoms with Crippen LogP contribution in [0, 0.1) is 0 Å². The van der Waals surface area contributed by atoms with E-state index in [-0.39, 0.29) is 19.5 Å². The Morgan fingerprint density at radius 3 is 2.25 bits per heavy atom. The van der Waals surface area contributed by atoms with E-state index >= 15 is 0 Å². The predicted octanol–water partition coefficient (Wildman–Crippen LogP) is 2.38. The van der Waals surface area contributed by atoms with E-state index in [0.717, 1.165) is 18.8 Å². The molecule has 1 rings (SSSR count). The molecule has 0 saturated heterocycles. The number of hydrogen-bond acceptors (Lipinski definition) is 5. The minimum Gasteiger partial charge on any atom is -0.753 e. The quantitative estimate of drug-likeness (QED) is 0.470. The van der Waals surface area contributed by atoms with Gasteiger partial charge in [0.2, 0.25) is 0 Å². The number of pyridine rings is 1. The first kappa shape index (κ1) is 24.1. The minimum atomic E-state index is 0. The van der Waals surface area contributed by atoms with Crippen molar-refractivity contribution >= 4 is 41.0 Å². The largest absolute Gasteiger partial charge is 2.00 e. The van der Waals surface area contributed by atoms with Crippen LogP contribution in [0.4, 0.5) is 0 Å². The van der Waals surface area contributed by atoms with Crippen molar-refractivity contribution in [1.82, 2.24) is 9.88 Å². The summed E-state index contributed by atoms with van der Waals surface area (Å²) in [7, 11) is 4.08. The first-order valence-corrected chi connectivity index (χ1v) is 6.02. The fourth-order valence-electron chi connectivity index (χ4n) is 0.868. The van der Waals surface area contributed by atoms with Gasteiger partial charge < -0.3 is 15.7 Å². The van der Waals surface area contributed by atoms with Crippen LogP contribution in [-0.2, 0) is 19.5 Å². The van der Waals surface area contributed by atoms with Crippen molar-refractivity contribution in [3.8, 4) is 0 Å². The maximum atomic E-state index is 7.13. The Balaban J connectivity index is -0.000000356. The molecule has 0 amide bonds. The number of aromatic nitrogens is 1. The number of aliphatic imine (C=N–C) groups is 1. The maximum absolute atomic E-state index is 7.13. The molecule has 102 valence electrons. The molecular weight excluding hydrogens is 344 g/mol. The van der Waals surface area contributed by atoms with Crippen molar-refractivity contribution in [3.05, 3.63) is 40.9 Å². The molecule has 0 aliphatic rings.